The normalized spacial score (nSPS) is 42.5. The zero-order chi connectivity index (χ0) is 20.9. The number of benzene rings is 1. The SMILES string of the molecule is C[C@@H]1CC[C@H]2[C@@H](CCCc3ccc(N(C)C)cc3)CO[C@@H]3OC4(C)CCC1C32OO4. The van der Waals surface area contributed by atoms with Crippen LogP contribution in [0.15, 0.2) is 24.3 Å². The van der Waals surface area contributed by atoms with E-state index < -0.39 is 11.4 Å². The van der Waals surface area contributed by atoms with Gasteiger partial charge < -0.3 is 14.4 Å². The van der Waals surface area contributed by atoms with E-state index in [0.717, 1.165) is 32.3 Å². The fourth-order valence-corrected chi connectivity index (χ4v) is 6.54. The van der Waals surface area contributed by atoms with Gasteiger partial charge in [-0.1, -0.05) is 19.1 Å². The number of ether oxygens (including phenoxy) is 2. The van der Waals surface area contributed by atoms with Crippen LogP contribution in [-0.4, -0.2) is 38.4 Å². The van der Waals surface area contributed by atoms with E-state index in [1.807, 2.05) is 6.92 Å². The van der Waals surface area contributed by atoms with Crippen LogP contribution in [-0.2, 0) is 25.7 Å². The van der Waals surface area contributed by atoms with Gasteiger partial charge in [-0.3, -0.25) is 0 Å². The Morgan fingerprint density at radius 1 is 1.03 bits per heavy atom. The van der Waals surface area contributed by atoms with Gasteiger partial charge in [0.15, 0.2) is 11.9 Å². The number of fused-ring (bicyclic) bond motifs is 2. The van der Waals surface area contributed by atoms with Crippen LogP contribution >= 0.6 is 0 Å². The lowest BCUT2D eigenvalue weighted by Gasteiger charge is -2.59. The Labute approximate surface area is 180 Å². The van der Waals surface area contributed by atoms with Crippen molar-refractivity contribution in [2.24, 2.45) is 23.7 Å². The highest BCUT2D eigenvalue weighted by Crippen LogP contribution is 2.60. The van der Waals surface area contributed by atoms with Crippen molar-refractivity contribution >= 4 is 5.69 Å². The Bertz CT molecular complexity index is 752. The summed E-state index contributed by atoms with van der Waals surface area (Å²) in [4.78, 5) is 14.3. The maximum Gasteiger partial charge on any atom is 0.201 e. The zero-order valence-corrected chi connectivity index (χ0v) is 18.9. The van der Waals surface area contributed by atoms with Gasteiger partial charge in [0, 0.05) is 32.1 Å². The van der Waals surface area contributed by atoms with Crippen molar-refractivity contribution in [2.75, 3.05) is 25.6 Å². The quantitative estimate of drug-likeness (QED) is 0.637. The van der Waals surface area contributed by atoms with Crippen molar-refractivity contribution in [3.8, 4) is 0 Å². The molecule has 4 aliphatic heterocycles. The minimum Gasteiger partial charge on any atom is -0.378 e. The average molecular weight is 416 g/mol. The number of hydrogen-bond acceptors (Lipinski definition) is 5. The summed E-state index contributed by atoms with van der Waals surface area (Å²) in [5, 5.41) is 0. The Morgan fingerprint density at radius 2 is 1.83 bits per heavy atom. The largest absolute Gasteiger partial charge is 0.378 e. The Balaban J connectivity index is 1.29. The van der Waals surface area contributed by atoms with Crippen molar-refractivity contribution in [1.29, 1.82) is 0 Å². The van der Waals surface area contributed by atoms with Crippen molar-refractivity contribution in [3.05, 3.63) is 29.8 Å². The highest BCUT2D eigenvalue weighted by atomic mass is 17.3. The average Bonchev–Trinajstić information content (AvgIpc) is 2.97. The van der Waals surface area contributed by atoms with Crippen LogP contribution < -0.4 is 4.90 Å². The molecule has 5 heteroatoms. The maximum atomic E-state index is 6.36. The van der Waals surface area contributed by atoms with E-state index in [0.29, 0.717) is 23.7 Å². The summed E-state index contributed by atoms with van der Waals surface area (Å²) >= 11 is 0. The number of anilines is 1. The predicted molar refractivity (Wildman–Crippen MR) is 116 cm³/mol. The van der Waals surface area contributed by atoms with Crippen LogP contribution in [0, 0.1) is 23.7 Å². The van der Waals surface area contributed by atoms with Gasteiger partial charge in [0.2, 0.25) is 5.79 Å². The third-order valence-corrected chi connectivity index (χ3v) is 8.30. The van der Waals surface area contributed by atoms with Gasteiger partial charge in [-0.2, -0.15) is 0 Å². The van der Waals surface area contributed by atoms with E-state index in [-0.39, 0.29) is 6.29 Å². The van der Waals surface area contributed by atoms with Crippen LogP contribution in [0.5, 0.6) is 0 Å². The van der Waals surface area contributed by atoms with E-state index in [4.69, 9.17) is 19.2 Å². The molecular formula is C25H37NO4. The molecule has 0 amide bonds. The zero-order valence-electron chi connectivity index (χ0n) is 18.9. The second-order valence-corrected chi connectivity index (χ2v) is 10.5. The molecule has 0 radical (unpaired) electrons. The van der Waals surface area contributed by atoms with Crippen molar-refractivity contribution in [1.82, 2.24) is 0 Å². The first-order valence-electron chi connectivity index (χ1n) is 11.8. The van der Waals surface area contributed by atoms with Crippen LogP contribution in [0.2, 0.25) is 0 Å². The van der Waals surface area contributed by atoms with Gasteiger partial charge in [-0.15, -0.1) is 0 Å². The van der Waals surface area contributed by atoms with E-state index in [1.165, 1.54) is 30.5 Å². The number of hydrogen-bond donors (Lipinski definition) is 0. The molecule has 5 fully saturated rings. The molecule has 3 unspecified atom stereocenters. The molecule has 7 atom stereocenters. The maximum absolute atomic E-state index is 6.36. The second-order valence-electron chi connectivity index (χ2n) is 10.5. The topological polar surface area (TPSA) is 40.2 Å². The highest BCUT2D eigenvalue weighted by Gasteiger charge is 2.68. The minimum atomic E-state index is -0.664. The number of rotatable bonds is 5. The number of nitrogens with zero attached hydrogens (tertiary/aromatic N) is 1. The molecule has 30 heavy (non-hydrogen) atoms. The molecule has 5 nitrogen and oxygen atoms in total. The molecular weight excluding hydrogens is 378 g/mol. The summed E-state index contributed by atoms with van der Waals surface area (Å²) in [5.74, 6) is 1.37. The van der Waals surface area contributed by atoms with E-state index >= 15 is 0 Å². The van der Waals surface area contributed by atoms with Gasteiger partial charge in [-0.05, 0) is 80.9 Å². The van der Waals surface area contributed by atoms with Gasteiger partial charge in [-0.25, -0.2) is 9.78 Å². The molecule has 1 aliphatic carbocycles. The van der Waals surface area contributed by atoms with Crippen molar-refractivity contribution < 1.29 is 19.2 Å². The smallest absolute Gasteiger partial charge is 0.201 e. The molecule has 5 aliphatic rings. The molecule has 1 aromatic carbocycles. The van der Waals surface area contributed by atoms with Gasteiger partial charge in [0.1, 0.15) is 0 Å². The molecule has 0 N–H and O–H groups in total. The molecule has 6 rings (SSSR count). The summed E-state index contributed by atoms with van der Waals surface area (Å²) < 4.78 is 12.7. The minimum absolute atomic E-state index is 0.286. The Morgan fingerprint density at radius 3 is 2.60 bits per heavy atom. The lowest BCUT2D eigenvalue weighted by molar-refractivity contribution is -0.567. The molecule has 4 saturated heterocycles. The summed E-state index contributed by atoms with van der Waals surface area (Å²) in [6, 6.07) is 8.95. The third-order valence-electron chi connectivity index (χ3n) is 8.30. The first-order chi connectivity index (χ1) is 14.4. The third kappa shape index (κ3) is 3.38. The lowest BCUT2D eigenvalue weighted by atomic mass is 9.57. The molecule has 1 spiro atoms. The molecule has 0 aromatic heterocycles. The van der Waals surface area contributed by atoms with Crippen LogP contribution in [0.4, 0.5) is 5.69 Å². The molecule has 1 aromatic rings. The molecule has 1 saturated carbocycles. The predicted octanol–water partition coefficient (Wildman–Crippen LogP) is 4.94. The van der Waals surface area contributed by atoms with E-state index in [1.54, 1.807) is 0 Å². The van der Waals surface area contributed by atoms with E-state index in [9.17, 15) is 0 Å². The van der Waals surface area contributed by atoms with Crippen LogP contribution in [0.25, 0.3) is 0 Å². The Hall–Kier alpha value is -1.14. The summed E-state index contributed by atoms with van der Waals surface area (Å²) in [7, 11) is 4.17. The van der Waals surface area contributed by atoms with Crippen LogP contribution in [0.3, 0.4) is 0 Å². The van der Waals surface area contributed by atoms with Crippen molar-refractivity contribution in [2.45, 2.75) is 76.5 Å². The molecule has 2 bridgehead atoms. The monoisotopic (exact) mass is 415 g/mol. The first kappa shape index (κ1) is 20.7. The van der Waals surface area contributed by atoms with Gasteiger partial charge in [0.25, 0.3) is 0 Å². The first-order valence-corrected chi connectivity index (χ1v) is 11.8. The summed E-state index contributed by atoms with van der Waals surface area (Å²) in [6.07, 6.45) is 7.59. The molecule has 4 heterocycles. The lowest BCUT2D eigenvalue weighted by Crippen LogP contribution is -2.69. The van der Waals surface area contributed by atoms with Gasteiger partial charge >= 0.3 is 0 Å². The summed E-state index contributed by atoms with van der Waals surface area (Å²) in [5.41, 5.74) is 2.24. The fraction of sp³-hybridized carbons (Fsp3) is 0.760. The van der Waals surface area contributed by atoms with E-state index in [2.05, 4.69) is 50.2 Å². The summed E-state index contributed by atoms with van der Waals surface area (Å²) in [6.45, 7) is 5.14. The fourth-order valence-electron chi connectivity index (χ4n) is 6.54. The molecule has 166 valence electrons. The van der Waals surface area contributed by atoms with Crippen molar-refractivity contribution in [3.63, 3.8) is 0 Å². The number of aryl methyl sites for hydroxylation is 1. The Kier molecular flexibility index (Phi) is 5.37. The second kappa shape index (κ2) is 7.77. The van der Waals surface area contributed by atoms with Crippen LogP contribution in [0.1, 0.15) is 57.9 Å². The van der Waals surface area contributed by atoms with Gasteiger partial charge in [0.05, 0.1) is 6.61 Å². The highest BCUT2D eigenvalue weighted by molar-refractivity contribution is 5.45. The standard InChI is InChI=1S/C25H37NO4/c1-17-8-13-22-19(7-5-6-18-9-11-20(12-10-18)26(3)4)16-27-23-25(22)21(17)14-15-24(2,28-23)29-30-25/h9-12,17,19,21-23H,5-8,13-16H2,1-4H3/t17-,19+,21?,22+,23-,24?,25?/m1/s1.